The van der Waals surface area contributed by atoms with Crippen LogP contribution in [0.4, 0.5) is 0 Å². The summed E-state index contributed by atoms with van der Waals surface area (Å²) in [4.78, 5) is 13.8. The van der Waals surface area contributed by atoms with E-state index in [2.05, 4.69) is 17.2 Å². The lowest BCUT2D eigenvalue weighted by Gasteiger charge is -2.01. The molecule has 3 nitrogen and oxygen atoms in total. The van der Waals surface area contributed by atoms with Gasteiger partial charge in [0.1, 0.15) is 6.61 Å². The molecule has 1 amide bonds. The fourth-order valence-corrected chi connectivity index (χ4v) is 3.38. The van der Waals surface area contributed by atoms with Crippen LogP contribution in [0.25, 0.3) is 0 Å². The van der Waals surface area contributed by atoms with Crippen molar-refractivity contribution in [3.8, 4) is 11.8 Å². The van der Waals surface area contributed by atoms with Crippen molar-refractivity contribution in [2.45, 2.75) is 6.42 Å². The van der Waals surface area contributed by atoms with Gasteiger partial charge in [0.05, 0.1) is 14.8 Å². The van der Waals surface area contributed by atoms with Crippen LogP contribution in [0.5, 0.6) is 0 Å². The van der Waals surface area contributed by atoms with Crippen LogP contribution in [-0.4, -0.2) is 24.2 Å². The lowest BCUT2D eigenvalue weighted by Crippen LogP contribution is -2.24. The Morgan fingerprint density at radius 2 is 2.30 bits per heavy atom. The van der Waals surface area contributed by atoms with E-state index in [-0.39, 0.29) is 12.5 Å². The topological polar surface area (TPSA) is 49.3 Å². The lowest BCUT2D eigenvalue weighted by atomic mass is 10.2. The number of rotatable bonds is 4. The molecule has 0 aromatic carbocycles. The number of carbonyl (C=O) groups excluding carboxylic acids is 1. The number of amides is 1. The molecule has 2 aromatic heterocycles. The molecule has 104 valence electrons. The van der Waals surface area contributed by atoms with Crippen LogP contribution in [-0.2, 0) is 6.42 Å². The van der Waals surface area contributed by atoms with Crippen LogP contribution in [0.15, 0.2) is 23.6 Å². The first-order valence-corrected chi connectivity index (χ1v) is 7.97. The Balaban J connectivity index is 1.84. The number of nitrogens with one attached hydrogen (secondary N) is 1. The Bertz CT molecular complexity index is 651. The summed E-state index contributed by atoms with van der Waals surface area (Å²) in [6.07, 6.45) is 0.768. The van der Waals surface area contributed by atoms with Crippen molar-refractivity contribution in [2.24, 2.45) is 0 Å². The molecule has 0 unspecified atom stereocenters. The average Bonchev–Trinajstić information content (AvgIpc) is 3.05. The van der Waals surface area contributed by atoms with Crippen molar-refractivity contribution >= 4 is 40.2 Å². The smallest absolute Gasteiger partial charge is 0.252 e. The van der Waals surface area contributed by atoms with E-state index in [1.54, 1.807) is 11.4 Å². The molecule has 0 atom stereocenters. The number of hydrogen-bond donors (Lipinski definition) is 2. The third-order valence-corrected chi connectivity index (χ3v) is 4.57. The van der Waals surface area contributed by atoms with Crippen molar-refractivity contribution in [1.82, 2.24) is 5.32 Å². The molecule has 0 aliphatic carbocycles. The normalized spacial score (nSPS) is 9.90. The summed E-state index contributed by atoms with van der Waals surface area (Å²) in [6, 6.07) is 5.55. The first kappa shape index (κ1) is 15.1. The van der Waals surface area contributed by atoms with Gasteiger partial charge >= 0.3 is 0 Å². The summed E-state index contributed by atoms with van der Waals surface area (Å²) in [5, 5.41) is 13.2. The number of carbonyl (C=O) groups is 1. The molecule has 0 spiro atoms. The van der Waals surface area contributed by atoms with Gasteiger partial charge in [0, 0.05) is 16.8 Å². The Morgan fingerprint density at radius 3 is 3.00 bits per heavy atom. The zero-order valence-corrected chi connectivity index (χ0v) is 12.9. The SMILES string of the molecule is O=C(NCCc1ccc(Cl)s1)c1csc(C#CCO)c1. The van der Waals surface area contributed by atoms with Gasteiger partial charge in [-0.1, -0.05) is 23.4 Å². The van der Waals surface area contributed by atoms with Gasteiger partial charge in [-0.05, 0) is 24.6 Å². The minimum atomic E-state index is -0.178. The summed E-state index contributed by atoms with van der Waals surface area (Å²) >= 11 is 8.76. The minimum Gasteiger partial charge on any atom is -0.384 e. The molecule has 2 N–H and O–H groups in total. The molecule has 2 rings (SSSR count). The van der Waals surface area contributed by atoms with Gasteiger partial charge in [-0.3, -0.25) is 4.79 Å². The van der Waals surface area contributed by atoms with Crippen molar-refractivity contribution < 1.29 is 9.90 Å². The van der Waals surface area contributed by atoms with E-state index in [9.17, 15) is 4.79 Å². The largest absolute Gasteiger partial charge is 0.384 e. The Labute approximate surface area is 130 Å². The quantitative estimate of drug-likeness (QED) is 0.849. The minimum absolute atomic E-state index is 0.110. The van der Waals surface area contributed by atoms with Crippen LogP contribution < -0.4 is 5.32 Å². The van der Waals surface area contributed by atoms with Gasteiger partial charge in [0.15, 0.2) is 0 Å². The Kier molecular flexibility index (Phi) is 5.62. The number of aliphatic hydroxyl groups excluding tert-OH is 1. The van der Waals surface area contributed by atoms with E-state index in [0.717, 1.165) is 20.5 Å². The highest BCUT2D eigenvalue weighted by Crippen LogP contribution is 2.21. The predicted molar refractivity (Wildman–Crippen MR) is 83.6 cm³/mol. The zero-order chi connectivity index (χ0) is 14.4. The van der Waals surface area contributed by atoms with E-state index in [1.807, 2.05) is 12.1 Å². The molecule has 2 aromatic rings. The maximum absolute atomic E-state index is 11.9. The van der Waals surface area contributed by atoms with E-state index in [4.69, 9.17) is 16.7 Å². The van der Waals surface area contributed by atoms with E-state index in [0.29, 0.717) is 12.1 Å². The van der Waals surface area contributed by atoms with Crippen molar-refractivity contribution in [3.63, 3.8) is 0 Å². The van der Waals surface area contributed by atoms with Gasteiger partial charge in [-0.2, -0.15) is 0 Å². The molecule has 0 bridgehead atoms. The molecule has 0 aliphatic rings. The fraction of sp³-hybridized carbons (Fsp3) is 0.214. The maximum atomic E-state index is 11.9. The Hall–Kier alpha value is -1.32. The predicted octanol–water partition coefficient (Wildman–Crippen LogP) is 2.78. The second kappa shape index (κ2) is 7.46. The number of thiophene rings is 2. The van der Waals surface area contributed by atoms with Crippen molar-refractivity contribution in [2.75, 3.05) is 13.2 Å². The van der Waals surface area contributed by atoms with Crippen LogP contribution in [0.1, 0.15) is 20.1 Å². The summed E-state index contributed by atoms with van der Waals surface area (Å²) < 4.78 is 0.760. The van der Waals surface area contributed by atoms with E-state index < -0.39 is 0 Å². The summed E-state index contributed by atoms with van der Waals surface area (Å²) in [6.45, 7) is 0.395. The molecule has 0 fully saturated rings. The summed E-state index contributed by atoms with van der Waals surface area (Å²) in [5.41, 5.74) is 0.599. The number of aliphatic hydroxyl groups is 1. The zero-order valence-electron chi connectivity index (χ0n) is 10.5. The maximum Gasteiger partial charge on any atom is 0.252 e. The van der Waals surface area contributed by atoms with Crippen molar-refractivity contribution in [3.05, 3.63) is 43.2 Å². The van der Waals surface area contributed by atoms with E-state index >= 15 is 0 Å². The second-order valence-corrected chi connectivity index (χ2v) is 6.58. The second-order valence-electron chi connectivity index (χ2n) is 3.87. The molecule has 2 heterocycles. The fourth-order valence-electron chi connectivity index (χ4n) is 1.53. The summed E-state index contributed by atoms with van der Waals surface area (Å²) in [7, 11) is 0. The third kappa shape index (κ3) is 4.36. The van der Waals surface area contributed by atoms with E-state index in [1.165, 1.54) is 22.7 Å². The average molecular weight is 326 g/mol. The summed E-state index contributed by atoms with van der Waals surface area (Å²) in [5.74, 6) is 5.23. The first-order chi connectivity index (χ1) is 9.69. The molecule has 6 heteroatoms. The molecule has 20 heavy (non-hydrogen) atoms. The molecular formula is C14H12ClNO2S2. The standard InChI is InChI=1S/C14H12ClNO2S2/c15-13-4-3-11(20-13)5-6-16-14(18)10-8-12(19-9-10)2-1-7-17/h3-4,8-9,17H,5-7H2,(H,16,18). The molecule has 0 saturated heterocycles. The van der Waals surface area contributed by atoms with Crippen LogP contribution in [0.3, 0.4) is 0 Å². The molecular weight excluding hydrogens is 314 g/mol. The monoisotopic (exact) mass is 325 g/mol. The van der Waals surface area contributed by atoms with Crippen LogP contribution >= 0.6 is 34.3 Å². The number of halogens is 1. The third-order valence-electron chi connectivity index (χ3n) is 2.44. The highest BCUT2D eigenvalue weighted by Gasteiger charge is 2.07. The number of hydrogen-bond acceptors (Lipinski definition) is 4. The van der Waals surface area contributed by atoms with Gasteiger partial charge in [-0.15, -0.1) is 22.7 Å². The molecule has 0 saturated carbocycles. The van der Waals surface area contributed by atoms with Gasteiger partial charge in [0.25, 0.3) is 5.91 Å². The Morgan fingerprint density at radius 1 is 1.45 bits per heavy atom. The first-order valence-electron chi connectivity index (χ1n) is 5.89. The molecule has 0 aliphatic heterocycles. The van der Waals surface area contributed by atoms with Gasteiger partial charge in [0.2, 0.25) is 0 Å². The lowest BCUT2D eigenvalue weighted by molar-refractivity contribution is 0.0954. The highest BCUT2D eigenvalue weighted by molar-refractivity contribution is 7.16. The van der Waals surface area contributed by atoms with Gasteiger partial charge in [-0.25, -0.2) is 0 Å². The molecule has 0 radical (unpaired) electrons. The van der Waals surface area contributed by atoms with Crippen LogP contribution in [0.2, 0.25) is 4.34 Å². The van der Waals surface area contributed by atoms with Crippen molar-refractivity contribution in [1.29, 1.82) is 0 Å². The van der Waals surface area contributed by atoms with Gasteiger partial charge < -0.3 is 10.4 Å². The highest BCUT2D eigenvalue weighted by atomic mass is 35.5. The van der Waals surface area contributed by atoms with Crippen LogP contribution in [0, 0.1) is 11.8 Å².